The van der Waals surface area contributed by atoms with Crippen LogP contribution in [0, 0.1) is 21.7 Å². The molecule has 0 atom stereocenters. The normalized spacial score (nSPS) is 11.8. The first-order valence-corrected chi connectivity index (χ1v) is 11.2. The molecular formula is C24H22F5N7O2. The number of anilines is 3. The van der Waals surface area contributed by atoms with Crippen LogP contribution in [0.1, 0.15) is 5.56 Å². The van der Waals surface area contributed by atoms with Gasteiger partial charge in [0, 0.05) is 55.6 Å². The number of halogens is 5. The number of nitro groups is 1. The third kappa shape index (κ3) is 5.34. The predicted molar refractivity (Wildman–Crippen MR) is 132 cm³/mol. The number of para-hydroxylation sites is 1. The summed E-state index contributed by atoms with van der Waals surface area (Å²) < 4.78 is 70.5. The van der Waals surface area contributed by atoms with Gasteiger partial charge in [0.05, 0.1) is 21.8 Å². The molecule has 0 aliphatic heterocycles. The Balaban J connectivity index is 1.77. The molecule has 4 aromatic rings. The Morgan fingerprint density at radius 2 is 1.84 bits per heavy atom. The van der Waals surface area contributed by atoms with Gasteiger partial charge in [-0.3, -0.25) is 10.1 Å². The van der Waals surface area contributed by atoms with Gasteiger partial charge in [-0.2, -0.15) is 13.2 Å². The maximum atomic E-state index is 15.0. The molecule has 2 aromatic carbocycles. The Bertz CT molecular complexity index is 1500. The van der Waals surface area contributed by atoms with Crippen molar-refractivity contribution in [1.82, 2.24) is 19.9 Å². The van der Waals surface area contributed by atoms with Crippen molar-refractivity contribution in [1.29, 1.82) is 0 Å². The van der Waals surface area contributed by atoms with Crippen LogP contribution in [0.3, 0.4) is 0 Å². The minimum atomic E-state index is -4.85. The number of fused-ring (bicyclic) bond motifs is 1. The molecule has 200 valence electrons. The van der Waals surface area contributed by atoms with Gasteiger partial charge in [-0.15, -0.1) is 0 Å². The van der Waals surface area contributed by atoms with E-state index in [9.17, 15) is 27.7 Å². The summed E-state index contributed by atoms with van der Waals surface area (Å²) in [6, 6.07) is 5.81. The summed E-state index contributed by atoms with van der Waals surface area (Å²) in [5, 5.41) is 14.3. The van der Waals surface area contributed by atoms with Gasteiger partial charge in [0.15, 0.2) is 0 Å². The van der Waals surface area contributed by atoms with Gasteiger partial charge in [0.2, 0.25) is 5.95 Å². The summed E-state index contributed by atoms with van der Waals surface area (Å²) >= 11 is 0. The number of hydrogen-bond donors (Lipinski definition) is 2. The number of rotatable bonds is 8. The molecule has 38 heavy (non-hydrogen) atoms. The smallest absolute Gasteiger partial charge is 0.368 e. The van der Waals surface area contributed by atoms with Crippen LogP contribution < -0.4 is 10.2 Å². The summed E-state index contributed by atoms with van der Waals surface area (Å²) in [4.78, 5) is 24.6. The summed E-state index contributed by atoms with van der Waals surface area (Å²) in [7, 11) is 5.22. The highest BCUT2D eigenvalue weighted by Gasteiger charge is 2.36. The van der Waals surface area contributed by atoms with Crippen LogP contribution in [0.5, 0.6) is 0 Å². The SMILES string of the molecule is CN(C)CCN(C)c1cc(F)c(Nc2ncc(C(F)(F)F)c(-c3c[nH]c4c(F)cccc34)n2)cc1[N+](=O)[O-]. The van der Waals surface area contributed by atoms with E-state index in [1.807, 2.05) is 19.0 Å². The predicted octanol–water partition coefficient (Wildman–Crippen LogP) is 5.57. The van der Waals surface area contributed by atoms with Crippen LogP contribution in [0.25, 0.3) is 22.2 Å². The second-order valence-corrected chi connectivity index (χ2v) is 8.75. The lowest BCUT2D eigenvalue weighted by atomic mass is 10.1. The zero-order chi connectivity index (χ0) is 27.8. The van der Waals surface area contributed by atoms with Crippen molar-refractivity contribution in [3.63, 3.8) is 0 Å². The molecule has 0 amide bonds. The van der Waals surface area contributed by atoms with Crippen LogP contribution in [-0.2, 0) is 6.18 Å². The number of nitrogens with zero attached hydrogens (tertiary/aromatic N) is 5. The number of aromatic nitrogens is 3. The summed E-state index contributed by atoms with van der Waals surface area (Å²) in [6.07, 6.45) is -3.16. The third-order valence-electron chi connectivity index (χ3n) is 5.82. The quantitative estimate of drug-likeness (QED) is 0.173. The third-order valence-corrected chi connectivity index (χ3v) is 5.82. The zero-order valence-electron chi connectivity index (χ0n) is 20.4. The molecule has 0 saturated heterocycles. The van der Waals surface area contributed by atoms with E-state index in [0.717, 1.165) is 18.2 Å². The van der Waals surface area contributed by atoms with Crippen LogP contribution in [0.2, 0.25) is 0 Å². The number of benzene rings is 2. The molecule has 14 heteroatoms. The van der Waals surface area contributed by atoms with Crippen molar-refractivity contribution < 1.29 is 26.9 Å². The number of alkyl halides is 3. The largest absolute Gasteiger partial charge is 0.419 e. The van der Waals surface area contributed by atoms with Gasteiger partial charge >= 0.3 is 6.18 Å². The van der Waals surface area contributed by atoms with E-state index in [-0.39, 0.29) is 22.2 Å². The molecular weight excluding hydrogens is 513 g/mol. The lowest BCUT2D eigenvalue weighted by Crippen LogP contribution is -2.29. The Kier molecular flexibility index (Phi) is 7.18. The molecule has 0 aliphatic rings. The molecule has 0 aliphatic carbocycles. The van der Waals surface area contributed by atoms with Crippen molar-refractivity contribution in [2.24, 2.45) is 0 Å². The van der Waals surface area contributed by atoms with Crippen molar-refractivity contribution >= 4 is 33.9 Å². The standard InChI is InChI=1S/C24H22F5N7O2/c1-34(2)7-8-35(3)19-9-17(26)18(10-20(19)36(37)38)32-23-31-12-15(24(27,28)29)21(33-23)14-11-30-22-13(14)5-4-6-16(22)25/h4-6,9-12,30H,7-8H2,1-3H3,(H,31,32,33). The fourth-order valence-electron chi connectivity index (χ4n) is 3.86. The molecule has 9 nitrogen and oxygen atoms in total. The maximum absolute atomic E-state index is 15.0. The average molecular weight is 535 g/mol. The topological polar surface area (TPSA) is 103 Å². The summed E-state index contributed by atoms with van der Waals surface area (Å²) in [5.41, 5.74) is -2.65. The van der Waals surface area contributed by atoms with E-state index in [0.29, 0.717) is 19.3 Å². The molecule has 2 aromatic heterocycles. The van der Waals surface area contributed by atoms with Crippen LogP contribution in [0.4, 0.5) is 45.0 Å². The van der Waals surface area contributed by atoms with Crippen molar-refractivity contribution in [3.8, 4) is 11.3 Å². The van der Waals surface area contributed by atoms with E-state index in [4.69, 9.17) is 0 Å². The Labute approximate surface area is 213 Å². The number of likely N-dealkylation sites (N-methyl/N-ethyl adjacent to an activating group) is 2. The van der Waals surface area contributed by atoms with Gasteiger partial charge in [0.25, 0.3) is 5.69 Å². The molecule has 0 fully saturated rings. The zero-order valence-corrected chi connectivity index (χ0v) is 20.4. The van der Waals surface area contributed by atoms with Crippen molar-refractivity contribution in [3.05, 3.63) is 70.0 Å². The highest BCUT2D eigenvalue weighted by Crippen LogP contribution is 2.40. The van der Waals surface area contributed by atoms with Crippen LogP contribution in [-0.4, -0.2) is 59.0 Å². The minimum Gasteiger partial charge on any atom is -0.368 e. The van der Waals surface area contributed by atoms with E-state index in [1.165, 1.54) is 23.2 Å². The minimum absolute atomic E-state index is 0.0145. The maximum Gasteiger partial charge on any atom is 0.419 e. The second-order valence-electron chi connectivity index (χ2n) is 8.75. The number of nitro benzene ring substituents is 1. The van der Waals surface area contributed by atoms with Crippen LogP contribution >= 0.6 is 0 Å². The fourth-order valence-corrected chi connectivity index (χ4v) is 3.86. The number of nitrogens with one attached hydrogen (secondary N) is 2. The highest BCUT2D eigenvalue weighted by atomic mass is 19.4. The highest BCUT2D eigenvalue weighted by molar-refractivity contribution is 5.95. The number of H-pyrrole nitrogens is 1. The van der Waals surface area contributed by atoms with Gasteiger partial charge in [-0.05, 0) is 20.2 Å². The van der Waals surface area contributed by atoms with Gasteiger partial charge < -0.3 is 20.1 Å². The van der Waals surface area contributed by atoms with Crippen LogP contribution in [0.15, 0.2) is 42.7 Å². The van der Waals surface area contributed by atoms with Gasteiger partial charge in [-0.1, -0.05) is 12.1 Å². The Hall–Kier alpha value is -4.33. The van der Waals surface area contributed by atoms with Gasteiger partial charge in [0.1, 0.15) is 22.9 Å². The lowest BCUT2D eigenvalue weighted by molar-refractivity contribution is -0.384. The first kappa shape index (κ1) is 26.7. The first-order valence-electron chi connectivity index (χ1n) is 11.2. The average Bonchev–Trinajstić information content (AvgIpc) is 3.28. The molecule has 2 heterocycles. The number of hydrogen-bond acceptors (Lipinski definition) is 7. The molecule has 0 spiro atoms. The molecule has 0 unspecified atom stereocenters. The molecule has 0 saturated carbocycles. The fraction of sp³-hybridized carbons (Fsp3) is 0.250. The monoisotopic (exact) mass is 535 g/mol. The first-order chi connectivity index (χ1) is 17.9. The van der Waals surface area contributed by atoms with Crippen molar-refractivity contribution in [2.75, 3.05) is 44.4 Å². The Morgan fingerprint density at radius 3 is 2.50 bits per heavy atom. The van der Waals surface area contributed by atoms with E-state index >= 15 is 4.39 Å². The number of aromatic amines is 1. The second kappa shape index (κ2) is 10.2. The summed E-state index contributed by atoms with van der Waals surface area (Å²) in [5.74, 6) is -2.01. The van der Waals surface area contributed by atoms with E-state index < -0.39 is 51.3 Å². The van der Waals surface area contributed by atoms with Crippen molar-refractivity contribution in [2.45, 2.75) is 6.18 Å². The van der Waals surface area contributed by atoms with E-state index in [1.54, 1.807) is 7.05 Å². The molecule has 2 N–H and O–H groups in total. The van der Waals surface area contributed by atoms with Gasteiger partial charge in [-0.25, -0.2) is 18.7 Å². The lowest BCUT2D eigenvalue weighted by Gasteiger charge is -2.22. The van der Waals surface area contributed by atoms with E-state index in [2.05, 4.69) is 20.3 Å². The molecule has 4 rings (SSSR count). The molecule has 0 radical (unpaired) electrons. The summed E-state index contributed by atoms with van der Waals surface area (Å²) in [6.45, 7) is 0.922. The molecule has 0 bridgehead atoms. The Morgan fingerprint density at radius 1 is 1.11 bits per heavy atom.